The van der Waals surface area contributed by atoms with Crippen molar-refractivity contribution in [1.29, 1.82) is 0 Å². The van der Waals surface area contributed by atoms with Crippen LogP contribution < -0.4 is 4.74 Å². The molecular weight excluding hydrogens is 222 g/mol. The van der Waals surface area contributed by atoms with Gasteiger partial charge in [-0.1, -0.05) is 5.16 Å². The molecule has 2 rings (SSSR count). The highest BCUT2D eigenvalue weighted by molar-refractivity contribution is 6.03. The molecule has 90 valence electrons. The smallest absolute Gasteiger partial charge is 0.350 e. The Bertz CT molecular complexity index is 438. The summed E-state index contributed by atoms with van der Waals surface area (Å²) in [6.07, 6.45) is -0.198. The third-order valence-electron chi connectivity index (χ3n) is 2.56. The first-order chi connectivity index (χ1) is 8.24. The maximum atomic E-state index is 11.3. The van der Waals surface area contributed by atoms with E-state index in [1.165, 1.54) is 7.11 Å². The summed E-state index contributed by atoms with van der Waals surface area (Å²) < 4.78 is 9.66. The molecule has 0 spiro atoms. The molecule has 0 radical (unpaired) electrons. The topological polar surface area (TPSA) is 57.1 Å². The molecular formula is C12H13NO4. The van der Waals surface area contributed by atoms with Crippen molar-refractivity contribution in [2.24, 2.45) is 5.16 Å². The summed E-state index contributed by atoms with van der Waals surface area (Å²) in [5, 5.41) is 3.89. The number of ether oxygens (including phenoxy) is 2. The number of nitrogens with zero attached hydrogens (tertiary/aromatic N) is 1. The van der Waals surface area contributed by atoms with Gasteiger partial charge >= 0.3 is 5.97 Å². The van der Waals surface area contributed by atoms with E-state index in [4.69, 9.17) is 9.57 Å². The van der Waals surface area contributed by atoms with Crippen LogP contribution in [-0.4, -0.2) is 32.0 Å². The fourth-order valence-electron chi connectivity index (χ4n) is 1.59. The number of methoxy groups -OCH3 is 2. The van der Waals surface area contributed by atoms with Crippen molar-refractivity contribution in [2.75, 3.05) is 14.2 Å². The van der Waals surface area contributed by atoms with Crippen LogP contribution >= 0.6 is 0 Å². The van der Waals surface area contributed by atoms with Crippen molar-refractivity contribution in [3.63, 3.8) is 0 Å². The van der Waals surface area contributed by atoms with Crippen molar-refractivity contribution < 1.29 is 19.1 Å². The van der Waals surface area contributed by atoms with E-state index < -0.39 is 12.1 Å². The Morgan fingerprint density at radius 1 is 1.35 bits per heavy atom. The van der Waals surface area contributed by atoms with Gasteiger partial charge in [0.05, 0.1) is 19.9 Å². The van der Waals surface area contributed by atoms with Crippen LogP contribution in [0.4, 0.5) is 0 Å². The zero-order chi connectivity index (χ0) is 12.3. The molecule has 0 amide bonds. The Hall–Kier alpha value is -2.04. The van der Waals surface area contributed by atoms with E-state index >= 15 is 0 Å². The van der Waals surface area contributed by atoms with Crippen molar-refractivity contribution in [3.8, 4) is 5.75 Å². The molecule has 0 aliphatic carbocycles. The number of rotatable bonds is 3. The largest absolute Gasteiger partial charge is 0.497 e. The zero-order valence-electron chi connectivity index (χ0n) is 9.67. The lowest BCUT2D eigenvalue weighted by Crippen LogP contribution is -2.22. The van der Waals surface area contributed by atoms with E-state index in [9.17, 15) is 4.79 Å². The fraction of sp³-hybridized carbons (Fsp3) is 0.333. The van der Waals surface area contributed by atoms with Crippen LogP contribution in [-0.2, 0) is 14.4 Å². The van der Waals surface area contributed by atoms with Gasteiger partial charge in [0, 0.05) is 6.42 Å². The lowest BCUT2D eigenvalue weighted by molar-refractivity contribution is -0.152. The van der Waals surface area contributed by atoms with E-state index in [-0.39, 0.29) is 0 Å². The first-order valence-corrected chi connectivity index (χ1v) is 5.19. The Morgan fingerprint density at radius 2 is 2.06 bits per heavy atom. The van der Waals surface area contributed by atoms with Gasteiger partial charge < -0.3 is 14.3 Å². The Balaban J connectivity index is 2.07. The molecule has 5 heteroatoms. The van der Waals surface area contributed by atoms with Gasteiger partial charge in [-0.15, -0.1) is 0 Å². The summed E-state index contributed by atoms with van der Waals surface area (Å²) in [4.78, 5) is 16.3. The predicted octanol–water partition coefficient (Wildman–Crippen LogP) is 1.36. The van der Waals surface area contributed by atoms with Crippen molar-refractivity contribution >= 4 is 11.7 Å². The number of oxime groups is 1. The van der Waals surface area contributed by atoms with Gasteiger partial charge in [0.2, 0.25) is 6.10 Å². The van der Waals surface area contributed by atoms with Gasteiger partial charge in [0.25, 0.3) is 0 Å². The zero-order valence-corrected chi connectivity index (χ0v) is 9.67. The molecule has 1 heterocycles. The molecule has 0 bridgehead atoms. The molecule has 1 aromatic rings. The Labute approximate surface area is 99.0 Å². The lowest BCUT2D eigenvalue weighted by Gasteiger charge is -2.04. The minimum atomic E-state index is -0.628. The lowest BCUT2D eigenvalue weighted by atomic mass is 10.1. The average Bonchev–Trinajstić information content (AvgIpc) is 2.87. The van der Waals surface area contributed by atoms with Gasteiger partial charge in [-0.25, -0.2) is 4.79 Å². The number of hydrogen-bond donors (Lipinski definition) is 0. The highest BCUT2D eigenvalue weighted by Crippen LogP contribution is 2.19. The van der Waals surface area contributed by atoms with Crippen LogP contribution in [0.25, 0.3) is 0 Å². The minimum Gasteiger partial charge on any atom is -0.497 e. The predicted molar refractivity (Wildman–Crippen MR) is 61.0 cm³/mol. The molecule has 0 aromatic heterocycles. The maximum Gasteiger partial charge on any atom is 0.350 e. The highest BCUT2D eigenvalue weighted by Gasteiger charge is 2.29. The van der Waals surface area contributed by atoms with Crippen LogP contribution in [0.15, 0.2) is 29.4 Å². The van der Waals surface area contributed by atoms with Crippen LogP contribution in [0, 0.1) is 0 Å². The van der Waals surface area contributed by atoms with Gasteiger partial charge in [0.1, 0.15) is 5.75 Å². The highest BCUT2D eigenvalue weighted by atomic mass is 16.7. The third-order valence-corrected chi connectivity index (χ3v) is 2.56. The molecule has 5 nitrogen and oxygen atoms in total. The van der Waals surface area contributed by atoms with E-state index in [0.29, 0.717) is 6.42 Å². The second kappa shape index (κ2) is 4.86. The van der Waals surface area contributed by atoms with Crippen LogP contribution in [0.5, 0.6) is 5.75 Å². The Morgan fingerprint density at radius 3 is 2.65 bits per heavy atom. The summed E-state index contributed by atoms with van der Waals surface area (Å²) >= 11 is 0. The monoisotopic (exact) mass is 235 g/mol. The van der Waals surface area contributed by atoms with Crippen molar-refractivity contribution in [3.05, 3.63) is 29.8 Å². The number of carbonyl (C=O) groups is 1. The molecule has 1 aliphatic rings. The SMILES string of the molecule is COC(=O)C1CC(c2ccc(OC)cc2)=NO1. The fourth-order valence-corrected chi connectivity index (χ4v) is 1.59. The first-order valence-electron chi connectivity index (χ1n) is 5.19. The van der Waals surface area contributed by atoms with Gasteiger partial charge in [-0.2, -0.15) is 0 Å². The minimum absolute atomic E-state index is 0.405. The molecule has 1 aromatic carbocycles. The number of benzene rings is 1. The second-order valence-corrected chi connectivity index (χ2v) is 3.59. The molecule has 1 unspecified atom stereocenters. The summed E-state index contributed by atoms with van der Waals surface area (Å²) in [5.74, 6) is 0.370. The Kier molecular flexibility index (Phi) is 3.27. The van der Waals surface area contributed by atoms with E-state index in [0.717, 1.165) is 17.0 Å². The molecule has 17 heavy (non-hydrogen) atoms. The molecule has 0 saturated heterocycles. The first kappa shape index (κ1) is 11.4. The summed E-state index contributed by atoms with van der Waals surface area (Å²) in [6, 6.07) is 7.42. The molecule has 0 N–H and O–H groups in total. The molecule has 0 saturated carbocycles. The van der Waals surface area contributed by atoms with Gasteiger partial charge in [-0.05, 0) is 29.8 Å². The molecule has 0 fully saturated rings. The number of esters is 1. The molecule has 1 aliphatic heterocycles. The van der Waals surface area contributed by atoms with Crippen LogP contribution in [0.1, 0.15) is 12.0 Å². The average molecular weight is 235 g/mol. The van der Waals surface area contributed by atoms with Crippen molar-refractivity contribution in [1.82, 2.24) is 0 Å². The van der Waals surface area contributed by atoms with Gasteiger partial charge in [0.15, 0.2) is 0 Å². The standard InChI is InChI=1S/C12H13NO4/c1-15-9-5-3-8(4-6-9)10-7-11(17-13-10)12(14)16-2/h3-6,11H,7H2,1-2H3. The van der Waals surface area contributed by atoms with E-state index in [2.05, 4.69) is 9.89 Å². The molecule has 1 atom stereocenters. The summed E-state index contributed by atoms with van der Waals surface area (Å²) in [6.45, 7) is 0. The van der Waals surface area contributed by atoms with Crippen molar-refractivity contribution in [2.45, 2.75) is 12.5 Å². The van der Waals surface area contributed by atoms with E-state index in [1.807, 2.05) is 24.3 Å². The van der Waals surface area contributed by atoms with Gasteiger partial charge in [-0.3, -0.25) is 0 Å². The maximum absolute atomic E-state index is 11.3. The second-order valence-electron chi connectivity index (χ2n) is 3.59. The normalized spacial score (nSPS) is 18.2. The third kappa shape index (κ3) is 2.38. The number of hydrogen-bond acceptors (Lipinski definition) is 5. The van der Waals surface area contributed by atoms with E-state index in [1.54, 1.807) is 7.11 Å². The summed E-state index contributed by atoms with van der Waals surface area (Å²) in [7, 11) is 2.94. The van der Waals surface area contributed by atoms with Crippen LogP contribution in [0.2, 0.25) is 0 Å². The summed E-state index contributed by atoms with van der Waals surface area (Å²) in [5.41, 5.74) is 1.65. The number of carbonyl (C=O) groups excluding carboxylic acids is 1. The van der Waals surface area contributed by atoms with Crippen LogP contribution in [0.3, 0.4) is 0 Å². The quantitative estimate of drug-likeness (QED) is 0.742.